The lowest BCUT2D eigenvalue weighted by atomic mass is 10.2. The van der Waals surface area contributed by atoms with Gasteiger partial charge in [0.05, 0.1) is 29.2 Å². The number of nitrogens with zero attached hydrogens (tertiary/aromatic N) is 5. The molecule has 0 aliphatic rings. The molecule has 7 nitrogen and oxygen atoms in total. The first-order valence-electron chi connectivity index (χ1n) is 9.19. The van der Waals surface area contributed by atoms with Gasteiger partial charge in [-0.15, -0.1) is 5.10 Å². The van der Waals surface area contributed by atoms with Gasteiger partial charge in [0.2, 0.25) is 5.95 Å². The third kappa shape index (κ3) is 3.95. The molecular formula is C21H18ClFN6O. The van der Waals surface area contributed by atoms with E-state index in [-0.39, 0.29) is 11.9 Å². The molecule has 2 aromatic carbocycles. The molecule has 152 valence electrons. The van der Waals surface area contributed by atoms with Gasteiger partial charge < -0.3 is 0 Å². The van der Waals surface area contributed by atoms with Gasteiger partial charge in [-0.3, -0.25) is 10.1 Å². The number of carbonyl (C=O) groups is 1. The smallest absolute Gasteiger partial charge is 0.261 e. The van der Waals surface area contributed by atoms with Crippen LogP contribution in [0.4, 0.5) is 10.3 Å². The lowest BCUT2D eigenvalue weighted by Crippen LogP contribution is -2.15. The first-order chi connectivity index (χ1) is 14.4. The average Bonchev–Trinajstić information content (AvgIpc) is 3.28. The molecule has 0 saturated carbocycles. The van der Waals surface area contributed by atoms with Crippen LogP contribution in [-0.4, -0.2) is 30.5 Å². The van der Waals surface area contributed by atoms with E-state index >= 15 is 0 Å². The number of aromatic nitrogens is 5. The van der Waals surface area contributed by atoms with Gasteiger partial charge >= 0.3 is 0 Å². The number of aryl methyl sites for hydroxylation is 1. The molecule has 2 heterocycles. The Balaban J connectivity index is 1.52. The summed E-state index contributed by atoms with van der Waals surface area (Å²) in [7, 11) is 0. The van der Waals surface area contributed by atoms with Gasteiger partial charge in [0.1, 0.15) is 12.1 Å². The van der Waals surface area contributed by atoms with E-state index in [4.69, 9.17) is 11.6 Å². The van der Waals surface area contributed by atoms with E-state index in [1.807, 2.05) is 37.3 Å². The number of anilines is 1. The summed E-state index contributed by atoms with van der Waals surface area (Å²) in [6.07, 6.45) is 1.47. The Morgan fingerprint density at radius 2 is 1.90 bits per heavy atom. The second kappa shape index (κ2) is 8.08. The van der Waals surface area contributed by atoms with Crippen molar-refractivity contribution in [2.45, 2.75) is 20.4 Å². The van der Waals surface area contributed by atoms with E-state index in [2.05, 4.69) is 20.5 Å². The molecular weight excluding hydrogens is 407 g/mol. The minimum Gasteiger partial charge on any atom is -0.289 e. The minimum absolute atomic E-state index is 0.157. The van der Waals surface area contributed by atoms with Crippen LogP contribution in [0.2, 0.25) is 5.02 Å². The topological polar surface area (TPSA) is 77.6 Å². The van der Waals surface area contributed by atoms with Gasteiger partial charge in [0.15, 0.2) is 0 Å². The summed E-state index contributed by atoms with van der Waals surface area (Å²) >= 11 is 6.06. The molecule has 1 amide bonds. The van der Waals surface area contributed by atoms with Crippen LogP contribution in [0.5, 0.6) is 0 Å². The maximum Gasteiger partial charge on any atom is 0.261 e. The molecule has 9 heteroatoms. The number of para-hydroxylation sites is 1. The van der Waals surface area contributed by atoms with Gasteiger partial charge in [-0.25, -0.2) is 18.7 Å². The molecule has 2 aromatic heterocycles. The second-order valence-electron chi connectivity index (χ2n) is 6.75. The molecule has 30 heavy (non-hydrogen) atoms. The molecule has 0 atom stereocenters. The lowest BCUT2D eigenvalue weighted by molar-refractivity contribution is 0.102. The van der Waals surface area contributed by atoms with Gasteiger partial charge in [0.25, 0.3) is 5.91 Å². The predicted octanol–water partition coefficient (Wildman–Crippen LogP) is 4.17. The summed E-state index contributed by atoms with van der Waals surface area (Å²) in [5.41, 5.74) is 3.35. The molecule has 0 aliphatic heterocycles. The molecule has 1 N–H and O–H groups in total. The van der Waals surface area contributed by atoms with Crippen LogP contribution in [0.15, 0.2) is 54.9 Å². The van der Waals surface area contributed by atoms with E-state index < -0.39 is 5.82 Å². The average molecular weight is 425 g/mol. The van der Waals surface area contributed by atoms with E-state index in [9.17, 15) is 9.18 Å². The summed E-state index contributed by atoms with van der Waals surface area (Å²) in [5, 5.41) is 11.7. The van der Waals surface area contributed by atoms with Crippen molar-refractivity contribution < 1.29 is 9.18 Å². The highest BCUT2D eigenvalue weighted by Gasteiger charge is 2.20. The van der Waals surface area contributed by atoms with Crippen LogP contribution in [0.3, 0.4) is 0 Å². The van der Waals surface area contributed by atoms with Crippen LogP contribution in [0, 0.1) is 19.7 Å². The summed E-state index contributed by atoms with van der Waals surface area (Å²) in [6, 6.07) is 13.7. The van der Waals surface area contributed by atoms with Crippen molar-refractivity contribution in [3.8, 4) is 5.69 Å². The monoisotopic (exact) mass is 424 g/mol. The van der Waals surface area contributed by atoms with E-state index in [1.54, 1.807) is 17.7 Å². The number of amides is 1. The van der Waals surface area contributed by atoms with Crippen molar-refractivity contribution in [1.29, 1.82) is 0 Å². The Labute approximate surface area is 177 Å². The van der Waals surface area contributed by atoms with Gasteiger partial charge in [0, 0.05) is 5.02 Å². The SMILES string of the molecule is Cc1nn(-c2ccccc2)c(C)c1C(=O)Nc1ncn(Cc2ccc(F)cc2Cl)n1. The molecule has 4 rings (SSSR count). The molecule has 0 unspecified atom stereocenters. The van der Waals surface area contributed by atoms with Crippen molar-refractivity contribution in [1.82, 2.24) is 24.5 Å². The number of hydrogen-bond acceptors (Lipinski definition) is 4. The molecule has 0 spiro atoms. The standard InChI is InChI=1S/C21H18ClFN6O/c1-13-19(14(2)29(26-13)17-6-4-3-5-7-17)20(30)25-21-24-12-28(27-21)11-15-8-9-16(23)10-18(15)22/h3-10,12H,11H2,1-2H3,(H,25,27,30). The van der Waals surface area contributed by atoms with Crippen molar-refractivity contribution in [2.75, 3.05) is 5.32 Å². The van der Waals surface area contributed by atoms with Gasteiger partial charge in [-0.05, 0) is 43.7 Å². The van der Waals surface area contributed by atoms with Crippen LogP contribution in [0.1, 0.15) is 27.3 Å². The number of rotatable bonds is 5. The summed E-state index contributed by atoms with van der Waals surface area (Å²) in [4.78, 5) is 17.0. The summed E-state index contributed by atoms with van der Waals surface area (Å²) in [5.74, 6) is -0.591. The van der Waals surface area contributed by atoms with Crippen molar-refractivity contribution in [2.24, 2.45) is 0 Å². The molecule has 4 aromatic rings. The normalized spacial score (nSPS) is 10.9. The molecule has 0 radical (unpaired) electrons. The van der Waals surface area contributed by atoms with E-state index in [0.717, 1.165) is 5.69 Å². The Morgan fingerprint density at radius 1 is 1.13 bits per heavy atom. The van der Waals surface area contributed by atoms with Gasteiger partial charge in [-0.2, -0.15) is 5.10 Å². The number of benzene rings is 2. The van der Waals surface area contributed by atoms with Crippen LogP contribution < -0.4 is 5.32 Å². The Bertz CT molecular complexity index is 1220. The maximum atomic E-state index is 13.2. The molecule has 0 fully saturated rings. The number of hydrogen-bond donors (Lipinski definition) is 1. The third-order valence-electron chi connectivity index (χ3n) is 4.63. The van der Waals surface area contributed by atoms with E-state index in [0.29, 0.717) is 34.1 Å². The second-order valence-corrected chi connectivity index (χ2v) is 7.16. The van der Waals surface area contributed by atoms with E-state index in [1.165, 1.54) is 23.1 Å². The van der Waals surface area contributed by atoms with Crippen LogP contribution in [-0.2, 0) is 6.54 Å². The largest absolute Gasteiger partial charge is 0.289 e. The summed E-state index contributed by atoms with van der Waals surface area (Å²) < 4.78 is 16.4. The first-order valence-corrected chi connectivity index (χ1v) is 9.56. The quantitative estimate of drug-likeness (QED) is 0.521. The zero-order valence-electron chi connectivity index (χ0n) is 16.3. The Hall–Kier alpha value is -3.52. The van der Waals surface area contributed by atoms with Gasteiger partial charge in [-0.1, -0.05) is 35.9 Å². The predicted molar refractivity (Wildman–Crippen MR) is 112 cm³/mol. The number of carbonyl (C=O) groups excluding carboxylic acids is 1. The fraction of sp³-hybridized carbons (Fsp3) is 0.143. The van der Waals surface area contributed by atoms with Crippen molar-refractivity contribution in [3.63, 3.8) is 0 Å². The van der Waals surface area contributed by atoms with Crippen LogP contribution >= 0.6 is 11.6 Å². The highest BCUT2D eigenvalue weighted by atomic mass is 35.5. The highest BCUT2D eigenvalue weighted by Crippen LogP contribution is 2.20. The van der Waals surface area contributed by atoms with Crippen molar-refractivity contribution >= 4 is 23.5 Å². The lowest BCUT2D eigenvalue weighted by Gasteiger charge is -2.05. The number of halogens is 2. The zero-order chi connectivity index (χ0) is 21.3. The molecule has 0 bridgehead atoms. The number of nitrogens with one attached hydrogen (secondary N) is 1. The Kier molecular flexibility index (Phi) is 5.33. The Morgan fingerprint density at radius 3 is 2.63 bits per heavy atom. The fourth-order valence-electron chi connectivity index (χ4n) is 3.21. The van der Waals surface area contributed by atoms with Crippen LogP contribution in [0.25, 0.3) is 5.69 Å². The first kappa shape index (κ1) is 19.8. The zero-order valence-corrected chi connectivity index (χ0v) is 17.1. The molecule has 0 aliphatic carbocycles. The molecule has 0 saturated heterocycles. The minimum atomic E-state index is -0.405. The fourth-order valence-corrected chi connectivity index (χ4v) is 3.44. The maximum absolute atomic E-state index is 13.2. The van der Waals surface area contributed by atoms with Crippen molar-refractivity contribution in [3.05, 3.63) is 88.2 Å². The summed E-state index contributed by atoms with van der Waals surface area (Å²) in [6.45, 7) is 3.92. The third-order valence-corrected chi connectivity index (χ3v) is 4.98. The highest BCUT2D eigenvalue weighted by molar-refractivity contribution is 6.31.